The zero-order valence-corrected chi connectivity index (χ0v) is 17.3. The van der Waals surface area contributed by atoms with Crippen LogP contribution in [0.25, 0.3) is 21.7 Å². The third-order valence-electron chi connectivity index (χ3n) is 4.39. The van der Waals surface area contributed by atoms with Crippen molar-refractivity contribution in [2.45, 2.75) is 11.9 Å². The van der Waals surface area contributed by atoms with Crippen LogP contribution < -0.4 is 4.72 Å². The number of aryl methyl sites for hydroxylation is 1. The molecule has 0 amide bonds. The summed E-state index contributed by atoms with van der Waals surface area (Å²) in [5, 5.41) is 1.96. The number of rotatable bonds is 5. The minimum Gasteiger partial charge on any atom is -0.278 e. The molecule has 0 aliphatic heterocycles. The molecule has 1 N–H and O–H groups in total. The quantitative estimate of drug-likeness (QED) is 0.457. The van der Waals surface area contributed by atoms with Crippen molar-refractivity contribution in [1.82, 2.24) is 9.97 Å². The maximum atomic E-state index is 13.8. The number of pyridine rings is 1. The van der Waals surface area contributed by atoms with Crippen molar-refractivity contribution in [3.8, 4) is 21.7 Å². The SMILES string of the molecule is Cc1ccc(-c2nccs2)cc1-c1ccc(NS(=O)(=O)c2ncc(F)cc2F)cc1. The zero-order valence-electron chi connectivity index (χ0n) is 15.6. The third-order valence-corrected chi connectivity index (χ3v) is 6.53. The molecule has 0 saturated heterocycles. The molecule has 4 rings (SSSR count). The zero-order chi connectivity index (χ0) is 21.3. The van der Waals surface area contributed by atoms with Gasteiger partial charge in [-0.25, -0.2) is 18.7 Å². The summed E-state index contributed by atoms with van der Waals surface area (Å²) in [6.07, 6.45) is 2.40. The summed E-state index contributed by atoms with van der Waals surface area (Å²) in [4.78, 5) is 7.68. The number of benzene rings is 2. The van der Waals surface area contributed by atoms with Gasteiger partial charge in [-0.05, 0) is 41.8 Å². The lowest BCUT2D eigenvalue weighted by Crippen LogP contribution is -2.16. The van der Waals surface area contributed by atoms with Crippen molar-refractivity contribution in [3.05, 3.63) is 83.5 Å². The molecule has 5 nitrogen and oxygen atoms in total. The Hall–Kier alpha value is -3.17. The lowest BCUT2D eigenvalue weighted by molar-refractivity contribution is 0.532. The highest BCUT2D eigenvalue weighted by Crippen LogP contribution is 2.31. The Bertz CT molecular complexity index is 1310. The van der Waals surface area contributed by atoms with E-state index in [4.69, 9.17) is 0 Å². The van der Waals surface area contributed by atoms with Gasteiger partial charge in [-0.1, -0.05) is 24.3 Å². The lowest BCUT2D eigenvalue weighted by atomic mass is 9.98. The van der Waals surface area contributed by atoms with E-state index in [1.807, 2.05) is 30.5 Å². The van der Waals surface area contributed by atoms with Gasteiger partial charge in [-0.3, -0.25) is 4.72 Å². The molecule has 30 heavy (non-hydrogen) atoms. The molecular formula is C21H15F2N3O2S2. The van der Waals surface area contributed by atoms with Gasteiger partial charge in [0.2, 0.25) is 5.03 Å². The number of thiazole rings is 1. The van der Waals surface area contributed by atoms with Gasteiger partial charge in [0.15, 0.2) is 5.82 Å². The summed E-state index contributed by atoms with van der Waals surface area (Å²) in [7, 11) is -4.29. The average molecular weight is 444 g/mol. The fraction of sp³-hybridized carbons (Fsp3) is 0.0476. The van der Waals surface area contributed by atoms with E-state index in [0.29, 0.717) is 12.3 Å². The van der Waals surface area contributed by atoms with Crippen molar-refractivity contribution < 1.29 is 17.2 Å². The van der Waals surface area contributed by atoms with Crippen LogP contribution in [-0.4, -0.2) is 18.4 Å². The smallest absolute Gasteiger partial charge is 0.278 e. The minimum absolute atomic E-state index is 0.234. The van der Waals surface area contributed by atoms with Crippen LogP contribution in [-0.2, 0) is 10.0 Å². The predicted molar refractivity (Wildman–Crippen MR) is 113 cm³/mol. The first-order valence-corrected chi connectivity index (χ1v) is 11.1. The largest absolute Gasteiger partial charge is 0.282 e. The number of aromatic nitrogens is 2. The number of halogens is 2. The van der Waals surface area contributed by atoms with Gasteiger partial charge in [0.1, 0.15) is 10.8 Å². The molecule has 0 fully saturated rings. The molecule has 0 aliphatic carbocycles. The highest BCUT2D eigenvalue weighted by Gasteiger charge is 2.21. The summed E-state index contributed by atoms with van der Waals surface area (Å²) < 4.78 is 53.8. The lowest BCUT2D eigenvalue weighted by Gasteiger charge is -2.11. The molecule has 152 valence electrons. The first kappa shape index (κ1) is 20.1. The second-order valence-electron chi connectivity index (χ2n) is 6.49. The maximum Gasteiger partial charge on any atom is 0.282 e. The van der Waals surface area contributed by atoms with Crippen LogP contribution >= 0.6 is 11.3 Å². The Kier molecular flexibility index (Phi) is 5.31. The number of nitrogens with zero attached hydrogens (tertiary/aromatic N) is 2. The van der Waals surface area contributed by atoms with Gasteiger partial charge in [-0.15, -0.1) is 11.3 Å². The summed E-state index contributed by atoms with van der Waals surface area (Å²) in [6, 6.07) is 13.2. The summed E-state index contributed by atoms with van der Waals surface area (Å²) in [5.74, 6) is -2.21. The van der Waals surface area contributed by atoms with Crippen LogP contribution in [0.5, 0.6) is 0 Å². The van der Waals surface area contributed by atoms with Crippen molar-refractivity contribution in [3.63, 3.8) is 0 Å². The Balaban J connectivity index is 1.61. The summed E-state index contributed by atoms with van der Waals surface area (Å²) >= 11 is 1.55. The second-order valence-corrected chi connectivity index (χ2v) is 8.98. The number of hydrogen-bond donors (Lipinski definition) is 1. The maximum absolute atomic E-state index is 13.8. The minimum atomic E-state index is -4.29. The summed E-state index contributed by atoms with van der Waals surface area (Å²) in [5.41, 5.74) is 4.16. The molecule has 0 radical (unpaired) electrons. The molecule has 2 aromatic heterocycles. The normalized spacial score (nSPS) is 11.4. The third kappa shape index (κ3) is 4.07. The van der Waals surface area contributed by atoms with E-state index in [0.717, 1.165) is 27.3 Å². The van der Waals surface area contributed by atoms with E-state index < -0.39 is 26.7 Å². The van der Waals surface area contributed by atoms with Crippen LogP contribution in [0.3, 0.4) is 0 Å². The Labute approximate surface area is 176 Å². The Morgan fingerprint density at radius 1 is 0.967 bits per heavy atom. The number of nitrogens with one attached hydrogen (secondary N) is 1. The van der Waals surface area contributed by atoms with Gasteiger partial charge in [0.25, 0.3) is 10.0 Å². The first-order chi connectivity index (χ1) is 14.3. The van der Waals surface area contributed by atoms with Crippen molar-refractivity contribution in [2.24, 2.45) is 0 Å². The van der Waals surface area contributed by atoms with Crippen LogP contribution in [0.15, 0.2) is 71.3 Å². The molecular weight excluding hydrogens is 428 g/mol. The van der Waals surface area contributed by atoms with Gasteiger partial charge in [0, 0.05) is 28.9 Å². The molecule has 4 aromatic rings. The van der Waals surface area contributed by atoms with Crippen LogP contribution in [0.2, 0.25) is 0 Å². The highest BCUT2D eigenvalue weighted by atomic mass is 32.2. The van der Waals surface area contributed by atoms with Crippen LogP contribution in [0, 0.1) is 18.6 Å². The van der Waals surface area contributed by atoms with Crippen LogP contribution in [0.1, 0.15) is 5.56 Å². The first-order valence-electron chi connectivity index (χ1n) is 8.78. The standard InChI is InChI=1S/C21H15F2N3O2S2/c1-13-2-3-15(20-24-8-9-29-20)10-18(13)14-4-6-17(7-5-14)26-30(27,28)21-19(23)11-16(22)12-25-21/h2-12,26H,1H3. The molecule has 0 atom stereocenters. The fourth-order valence-electron chi connectivity index (χ4n) is 2.95. The van der Waals surface area contributed by atoms with E-state index in [1.165, 1.54) is 0 Å². The molecule has 0 aliphatic rings. The number of anilines is 1. The average Bonchev–Trinajstić information content (AvgIpc) is 3.23. The van der Waals surface area contributed by atoms with E-state index >= 15 is 0 Å². The molecule has 0 spiro atoms. The van der Waals surface area contributed by atoms with E-state index in [1.54, 1.807) is 41.8 Å². The molecule has 9 heteroatoms. The van der Waals surface area contributed by atoms with Gasteiger partial charge >= 0.3 is 0 Å². The number of sulfonamides is 1. The van der Waals surface area contributed by atoms with Gasteiger partial charge < -0.3 is 0 Å². The predicted octanol–water partition coefficient (Wildman–Crippen LogP) is 5.26. The second kappa shape index (κ2) is 7.92. The van der Waals surface area contributed by atoms with Crippen LogP contribution in [0.4, 0.5) is 14.5 Å². The van der Waals surface area contributed by atoms with E-state index in [2.05, 4.69) is 14.7 Å². The van der Waals surface area contributed by atoms with Gasteiger partial charge in [0.05, 0.1) is 6.20 Å². The molecule has 0 unspecified atom stereocenters. The molecule has 0 saturated carbocycles. The van der Waals surface area contributed by atoms with Crippen molar-refractivity contribution in [1.29, 1.82) is 0 Å². The molecule has 2 heterocycles. The van der Waals surface area contributed by atoms with Crippen molar-refractivity contribution in [2.75, 3.05) is 4.72 Å². The van der Waals surface area contributed by atoms with Crippen molar-refractivity contribution >= 4 is 27.0 Å². The highest BCUT2D eigenvalue weighted by molar-refractivity contribution is 7.92. The number of hydrogen-bond acceptors (Lipinski definition) is 5. The topological polar surface area (TPSA) is 72.0 Å². The Morgan fingerprint density at radius 2 is 1.70 bits per heavy atom. The summed E-state index contributed by atoms with van der Waals surface area (Å²) in [6.45, 7) is 1.99. The van der Waals surface area contributed by atoms with Gasteiger partial charge in [-0.2, -0.15) is 8.42 Å². The fourth-order valence-corrected chi connectivity index (χ4v) is 4.64. The van der Waals surface area contributed by atoms with E-state index in [9.17, 15) is 17.2 Å². The molecule has 2 aromatic carbocycles. The van der Waals surface area contributed by atoms with E-state index in [-0.39, 0.29) is 5.69 Å². The molecule has 0 bridgehead atoms. The monoisotopic (exact) mass is 443 g/mol. The Morgan fingerprint density at radius 3 is 2.37 bits per heavy atom.